The van der Waals surface area contributed by atoms with Crippen LogP contribution in [-0.2, 0) is 11.3 Å². The average molecular weight is 429 g/mol. The van der Waals surface area contributed by atoms with E-state index in [-0.39, 0.29) is 17.4 Å². The lowest BCUT2D eigenvalue weighted by atomic mass is 10.1. The minimum absolute atomic E-state index is 0.0431. The van der Waals surface area contributed by atoms with Crippen LogP contribution in [0.2, 0.25) is 0 Å². The van der Waals surface area contributed by atoms with E-state index < -0.39 is 0 Å². The monoisotopic (exact) mass is 429 g/mol. The Bertz CT molecular complexity index is 1390. The Kier molecular flexibility index (Phi) is 4.84. The molecule has 2 aromatic heterocycles. The highest BCUT2D eigenvalue weighted by Crippen LogP contribution is 2.32. The Labute approximate surface area is 184 Å². The summed E-state index contributed by atoms with van der Waals surface area (Å²) in [5.41, 5.74) is 4.61. The fourth-order valence-electron chi connectivity index (χ4n) is 4.19. The van der Waals surface area contributed by atoms with E-state index in [4.69, 9.17) is 4.52 Å². The van der Waals surface area contributed by atoms with Crippen LogP contribution in [0, 0.1) is 13.8 Å². The van der Waals surface area contributed by atoms with Gasteiger partial charge < -0.3 is 14.0 Å². The number of carbonyl (C=O) groups excluding carboxylic acids is 1. The summed E-state index contributed by atoms with van der Waals surface area (Å²) in [4.78, 5) is 35.7. The van der Waals surface area contributed by atoms with Crippen LogP contribution < -0.4 is 10.5 Å². The van der Waals surface area contributed by atoms with Crippen LogP contribution >= 0.6 is 0 Å². The van der Waals surface area contributed by atoms with Gasteiger partial charge in [-0.2, -0.15) is 4.98 Å². The molecule has 1 aliphatic rings. The summed E-state index contributed by atoms with van der Waals surface area (Å²) in [6.45, 7) is 6.73. The molecule has 0 bridgehead atoms. The summed E-state index contributed by atoms with van der Waals surface area (Å²) >= 11 is 0. The number of hydrogen-bond donors (Lipinski definition) is 0. The quantitative estimate of drug-likeness (QED) is 0.492. The zero-order valence-electron chi connectivity index (χ0n) is 18.2. The second kappa shape index (κ2) is 7.71. The summed E-state index contributed by atoms with van der Waals surface area (Å²) < 4.78 is 7.24. The summed E-state index contributed by atoms with van der Waals surface area (Å²) in [5.74, 6) is 0.778. The Balaban J connectivity index is 1.43. The lowest BCUT2D eigenvalue weighted by molar-refractivity contribution is -0.117. The molecule has 2 aromatic carbocycles. The zero-order valence-corrected chi connectivity index (χ0v) is 18.2. The first kappa shape index (κ1) is 20.1. The number of aromatic nitrogens is 4. The number of fused-ring (bicyclic) bond motifs is 1. The van der Waals surface area contributed by atoms with Gasteiger partial charge in [-0.25, -0.2) is 4.98 Å². The van der Waals surface area contributed by atoms with Gasteiger partial charge in [0.25, 0.3) is 5.56 Å². The number of rotatable bonds is 4. The standard InChI is InChI=1S/C24H23N5O3/c1-4-28-20-10-7-16(11-19(20)25-15(3)24(28)31)22-26-23(32-27-22)17-12-21(30)29(13-17)18-8-5-14(2)6-9-18/h5-11,17H,4,12-13H2,1-3H3/t17-/m1/s1. The van der Waals surface area contributed by atoms with Crippen molar-refractivity contribution in [3.05, 3.63) is 70.0 Å². The van der Waals surface area contributed by atoms with Gasteiger partial charge in [0.1, 0.15) is 5.69 Å². The topological polar surface area (TPSA) is 94.1 Å². The Morgan fingerprint density at radius 1 is 1.06 bits per heavy atom. The van der Waals surface area contributed by atoms with Crippen LogP contribution in [0.3, 0.4) is 0 Å². The summed E-state index contributed by atoms with van der Waals surface area (Å²) in [6, 6.07) is 13.5. The molecular formula is C24H23N5O3. The fraction of sp³-hybridized carbons (Fsp3) is 0.292. The molecular weight excluding hydrogens is 406 g/mol. The number of amides is 1. The number of hydrogen-bond acceptors (Lipinski definition) is 6. The van der Waals surface area contributed by atoms with Crippen molar-refractivity contribution in [3.63, 3.8) is 0 Å². The number of benzene rings is 2. The van der Waals surface area contributed by atoms with E-state index in [9.17, 15) is 9.59 Å². The van der Waals surface area contributed by atoms with E-state index in [1.54, 1.807) is 16.4 Å². The normalized spacial score (nSPS) is 16.3. The molecule has 0 unspecified atom stereocenters. The molecule has 8 nitrogen and oxygen atoms in total. The summed E-state index contributed by atoms with van der Waals surface area (Å²) in [6.07, 6.45) is 0.330. The van der Waals surface area contributed by atoms with E-state index in [1.165, 1.54) is 0 Å². The molecule has 0 saturated carbocycles. The maximum absolute atomic E-state index is 12.6. The maximum atomic E-state index is 12.6. The van der Waals surface area contributed by atoms with E-state index in [0.29, 0.717) is 42.4 Å². The van der Waals surface area contributed by atoms with Gasteiger partial charge >= 0.3 is 0 Å². The number of aryl methyl sites for hydroxylation is 3. The van der Waals surface area contributed by atoms with Crippen molar-refractivity contribution >= 4 is 22.6 Å². The van der Waals surface area contributed by atoms with Crippen molar-refractivity contribution in [2.45, 2.75) is 39.7 Å². The molecule has 1 saturated heterocycles. The molecule has 8 heteroatoms. The summed E-state index contributed by atoms with van der Waals surface area (Å²) in [5, 5.41) is 4.14. The molecule has 1 atom stereocenters. The molecule has 3 heterocycles. The molecule has 0 radical (unpaired) electrons. The molecule has 1 fully saturated rings. The first-order chi connectivity index (χ1) is 15.4. The largest absolute Gasteiger partial charge is 0.339 e. The SMILES string of the molecule is CCn1c(=O)c(C)nc2cc(-c3noc([C@@H]4CC(=O)N(c5ccc(C)cc5)C4)n3)ccc21. The smallest absolute Gasteiger partial charge is 0.272 e. The minimum atomic E-state index is -0.156. The molecule has 1 aliphatic heterocycles. The number of carbonyl (C=O) groups is 1. The lowest BCUT2D eigenvalue weighted by Gasteiger charge is -2.16. The molecule has 162 valence electrons. The molecule has 4 aromatic rings. The van der Waals surface area contributed by atoms with Crippen LogP contribution in [0.15, 0.2) is 51.8 Å². The van der Waals surface area contributed by atoms with E-state index >= 15 is 0 Å². The predicted molar refractivity (Wildman–Crippen MR) is 121 cm³/mol. The minimum Gasteiger partial charge on any atom is -0.339 e. The number of nitrogens with zero attached hydrogens (tertiary/aromatic N) is 5. The molecule has 0 N–H and O–H groups in total. The first-order valence-corrected chi connectivity index (χ1v) is 10.7. The predicted octanol–water partition coefficient (Wildman–Crippen LogP) is 3.60. The van der Waals surface area contributed by atoms with Gasteiger partial charge in [0, 0.05) is 30.8 Å². The van der Waals surface area contributed by atoms with Gasteiger partial charge in [-0.1, -0.05) is 22.9 Å². The second-order valence-electron chi connectivity index (χ2n) is 8.15. The Morgan fingerprint density at radius 3 is 2.59 bits per heavy atom. The highest BCUT2D eigenvalue weighted by molar-refractivity contribution is 5.96. The summed E-state index contributed by atoms with van der Waals surface area (Å²) in [7, 11) is 0. The fourth-order valence-corrected chi connectivity index (χ4v) is 4.19. The van der Waals surface area contributed by atoms with Crippen LogP contribution in [0.25, 0.3) is 22.4 Å². The van der Waals surface area contributed by atoms with Crippen LogP contribution in [0.4, 0.5) is 5.69 Å². The highest BCUT2D eigenvalue weighted by Gasteiger charge is 2.35. The highest BCUT2D eigenvalue weighted by atomic mass is 16.5. The second-order valence-corrected chi connectivity index (χ2v) is 8.15. The lowest BCUT2D eigenvalue weighted by Crippen LogP contribution is -2.24. The maximum Gasteiger partial charge on any atom is 0.272 e. The van der Waals surface area contributed by atoms with E-state index in [1.807, 2.05) is 56.3 Å². The van der Waals surface area contributed by atoms with Gasteiger partial charge in [-0.05, 0) is 51.1 Å². The zero-order chi connectivity index (χ0) is 22.4. The van der Waals surface area contributed by atoms with Crippen molar-refractivity contribution in [2.75, 3.05) is 11.4 Å². The third kappa shape index (κ3) is 3.37. The van der Waals surface area contributed by atoms with Crippen molar-refractivity contribution in [3.8, 4) is 11.4 Å². The molecule has 5 rings (SSSR count). The Hall–Kier alpha value is -3.81. The van der Waals surface area contributed by atoms with Crippen LogP contribution in [0.1, 0.15) is 36.4 Å². The van der Waals surface area contributed by atoms with Crippen molar-refractivity contribution in [1.82, 2.24) is 19.7 Å². The van der Waals surface area contributed by atoms with E-state index in [0.717, 1.165) is 22.3 Å². The van der Waals surface area contributed by atoms with Crippen molar-refractivity contribution in [2.24, 2.45) is 0 Å². The van der Waals surface area contributed by atoms with Gasteiger partial charge in [-0.3, -0.25) is 9.59 Å². The van der Waals surface area contributed by atoms with Crippen LogP contribution in [-0.4, -0.2) is 32.1 Å². The third-order valence-corrected chi connectivity index (χ3v) is 5.95. The Morgan fingerprint density at radius 2 is 1.84 bits per heavy atom. The number of anilines is 1. The van der Waals surface area contributed by atoms with E-state index in [2.05, 4.69) is 15.1 Å². The average Bonchev–Trinajstić information content (AvgIpc) is 3.42. The molecule has 0 spiro atoms. The molecule has 1 amide bonds. The third-order valence-electron chi connectivity index (χ3n) is 5.95. The van der Waals surface area contributed by atoms with Gasteiger partial charge in [0.15, 0.2) is 0 Å². The van der Waals surface area contributed by atoms with Gasteiger partial charge in [0.05, 0.1) is 17.0 Å². The van der Waals surface area contributed by atoms with Crippen LogP contribution in [0.5, 0.6) is 0 Å². The molecule has 0 aliphatic carbocycles. The van der Waals surface area contributed by atoms with Crippen molar-refractivity contribution < 1.29 is 9.32 Å². The molecule has 32 heavy (non-hydrogen) atoms. The van der Waals surface area contributed by atoms with Crippen molar-refractivity contribution in [1.29, 1.82) is 0 Å². The first-order valence-electron chi connectivity index (χ1n) is 10.7. The van der Waals surface area contributed by atoms with Gasteiger partial charge in [-0.15, -0.1) is 0 Å². The van der Waals surface area contributed by atoms with Gasteiger partial charge in [0.2, 0.25) is 17.6 Å².